The number of hydrogen-bond acceptors (Lipinski definition) is 2. The Labute approximate surface area is 127 Å². The Hall–Kier alpha value is -0.520. The van der Waals surface area contributed by atoms with Crippen molar-refractivity contribution >= 4 is 34.0 Å². The lowest BCUT2D eigenvalue weighted by atomic mass is 9.80. The van der Waals surface area contributed by atoms with E-state index in [1.807, 2.05) is 6.07 Å². The second-order valence-corrected chi connectivity index (χ2v) is 7.10. The van der Waals surface area contributed by atoms with Gasteiger partial charge in [-0.1, -0.05) is 25.7 Å². The number of fused-ring (bicyclic) bond motifs is 1. The van der Waals surface area contributed by atoms with E-state index in [1.54, 1.807) is 6.07 Å². The van der Waals surface area contributed by atoms with Gasteiger partial charge in [0.25, 0.3) is 0 Å². The summed E-state index contributed by atoms with van der Waals surface area (Å²) in [6.07, 6.45) is 7.93. The van der Waals surface area contributed by atoms with Gasteiger partial charge in [0, 0.05) is 24.6 Å². The third-order valence-corrected chi connectivity index (χ3v) is 5.36. The van der Waals surface area contributed by atoms with Gasteiger partial charge >= 0.3 is 0 Å². The average Bonchev–Trinajstić information content (AvgIpc) is 2.72. The fraction of sp³-hybridized carbons (Fsp3) is 0.600. The third kappa shape index (κ3) is 2.83. The zero-order valence-corrected chi connectivity index (χ0v) is 13.2. The number of nitrogens with one attached hydrogen (secondary N) is 2. The topological polar surface area (TPSA) is 24.1 Å². The summed E-state index contributed by atoms with van der Waals surface area (Å²) in [7, 11) is 0. The summed E-state index contributed by atoms with van der Waals surface area (Å²) < 4.78 is 14.3. The fourth-order valence-electron chi connectivity index (χ4n) is 3.30. The van der Waals surface area contributed by atoms with E-state index in [0.29, 0.717) is 8.99 Å². The molecule has 1 heterocycles. The molecule has 0 atom stereocenters. The Balaban J connectivity index is 1.83. The van der Waals surface area contributed by atoms with E-state index in [4.69, 9.17) is 0 Å². The first kappa shape index (κ1) is 13.5. The Kier molecular flexibility index (Phi) is 3.87. The van der Waals surface area contributed by atoms with Crippen molar-refractivity contribution in [2.45, 2.75) is 38.5 Å². The van der Waals surface area contributed by atoms with Crippen LogP contribution in [0.2, 0.25) is 0 Å². The predicted octanol–water partition coefficient (Wildman–Crippen LogP) is 4.61. The quantitative estimate of drug-likeness (QED) is 0.649. The van der Waals surface area contributed by atoms with Crippen molar-refractivity contribution in [2.75, 3.05) is 23.7 Å². The summed E-state index contributed by atoms with van der Waals surface area (Å²) in [5, 5.41) is 7.02. The summed E-state index contributed by atoms with van der Waals surface area (Å²) >= 11 is 2.05. The lowest BCUT2D eigenvalue weighted by molar-refractivity contribution is 0.286. The Morgan fingerprint density at radius 1 is 0.947 bits per heavy atom. The van der Waals surface area contributed by atoms with Crippen LogP contribution in [0, 0.1) is 14.8 Å². The fourth-order valence-corrected chi connectivity index (χ4v) is 3.77. The van der Waals surface area contributed by atoms with Crippen LogP contribution >= 0.6 is 22.6 Å². The van der Waals surface area contributed by atoms with Crippen LogP contribution in [-0.2, 0) is 0 Å². The molecule has 2 aliphatic rings. The molecule has 0 unspecified atom stereocenters. The molecule has 1 spiro atoms. The molecular weight excluding hydrogens is 354 g/mol. The van der Waals surface area contributed by atoms with Crippen LogP contribution in [0.3, 0.4) is 0 Å². The second kappa shape index (κ2) is 5.46. The first-order valence-corrected chi connectivity index (χ1v) is 8.23. The van der Waals surface area contributed by atoms with E-state index < -0.39 is 0 Å². The van der Waals surface area contributed by atoms with Crippen molar-refractivity contribution < 1.29 is 4.39 Å². The van der Waals surface area contributed by atoms with Crippen molar-refractivity contribution in [3.63, 3.8) is 0 Å². The van der Waals surface area contributed by atoms with Crippen LogP contribution < -0.4 is 10.6 Å². The van der Waals surface area contributed by atoms with E-state index in [1.165, 1.54) is 38.5 Å². The second-order valence-electron chi connectivity index (χ2n) is 5.93. The molecule has 104 valence electrons. The number of anilines is 2. The molecular formula is C15H20FIN2. The van der Waals surface area contributed by atoms with Gasteiger partial charge in [-0.3, -0.25) is 0 Å². The van der Waals surface area contributed by atoms with E-state index in [0.717, 1.165) is 24.5 Å². The largest absolute Gasteiger partial charge is 0.383 e. The van der Waals surface area contributed by atoms with Crippen LogP contribution in [0.4, 0.5) is 15.8 Å². The molecule has 0 radical (unpaired) electrons. The van der Waals surface area contributed by atoms with E-state index in [9.17, 15) is 4.39 Å². The standard InChI is InChI=1S/C15H20FIN2/c16-11-7-13-14(8-12(11)17)19-10-15(9-18-13)5-3-1-2-4-6-15/h7-8,18-19H,1-6,9-10H2. The van der Waals surface area contributed by atoms with Gasteiger partial charge in [-0.05, 0) is 41.5 Å². The van der Waals surface area contributed by atoms with Crippen molar-refractivity contribution in [2.24, 2.45) is 5.41 Å². The monoisotopic (exact) mass is 374 g/mol. The lowest BCUT2D eigenvalue weighted by Gasteiger charge is -2.31. The molecule has 2 nitrogen and oxygen atoms in total. The van der Waals surface area contributed by atoms with Gasteiger partial charge in [-0.2, -0.15) is 0 Å². The van der Waals surface area contributed by atoms with Gasteiger partial charge in [0.05, 0.1) is 14.9 Å². The zero-order chi connectivity index (χ0) is 13.3. The molecule has 2 N–H and O–H groups in total. The van der Waals surface area contributed by atoms with Gasteiger partial charge in [-0.25, -0.2) is 4.39 Å². The highest BCUT2D eigenvalue weighted by Crippen LogP contribution is 2.39. The molecule has 0 amide bonds. The van der Waals surface area contributed by atoms with Gasteiger partial charge in [0.1, 0.15) is 5.82 Å². The summed E-state index contributed by atoms with van der Waals surface area (Å²) in [5.41, 5.74) is 2.31. The van der Waals surface area contributed by atoms with E-state index in [-0.39, 0.29) is 5.82 Å². The maximum absolute atomic E-state index is 13.7. The molecule has 1 fully saturated rings. The molecule has 1 aliphatic carbocycles. The molecule has 0 aromatic heterocycles. The molecule has 3 rings (SSSR count). The van der Waals surface area contributed by atoms with Crippen LogP contribution in [0.15, 0.2) is 12.1 Å². The van der Waals surface area contributed by atoms with Crippen molar-refractivity contribution in [3.8, 4) is 0 Å². The molecule has 1 aliphatic heterocycles. The highest BCUT2D eigenvalue weighted by molar-refractivity contribution is 14.1. The minimum absolute atomic E-state index is 0.134. The SMILES string of the molecule is Fc1cc2c(cc1I)NCC1(CCCCCC1)CN2. The van der Waals surface area contributed by atoms with Crippen LogP contribution in [0.5, 0.6) is 0 Å². The third-order valence-electron chi connectivity index (χ3n) is 4.53. The minimum atomic E-state index is -0.134. The molecule has 0 bridgehead atoms. The number of hydrogen-bond donors (Lipinski definition) is 2. The van der Waals surface area contributed by atoms with Crippen molar-refractivity contribution in [1.82, 2.24) is 0 Å². The average molecular weight is 374 g/mol. The normalized spacial score (nSPS) is 21.8. The summed E-state index contributed by atoms with van der Waals surface area (Å²) in [6.45, 7) is 1.97. The smallest absolute Gasteiger partial charge is 0.138 e. The maximum Gasteiger partial charge on any atom is 0.138 e. The number of rotatable bonds is 0. The van der Waals surface area contributed by atoms with Crippen LogP contribution in [0.1, 0.15) is 38.5 Å². The van der Waals surface area contributed by atoms with Gasteiger partial charge < -0.3 is 10.6 Å². The Bertz CT molecular complexity index is 432. The lowest BCUT2D eigenvalue weighted by Crippen LogP contribution is -2.34. The zero-order valence-electron chi connectivity index (χ0n) is 11.1. The summed E-state index contributed by atoms with van der Waals surface area (Å²) in [5.74, 6) is -0.134. The van der Waals surface area contributed by atoms with Gasteiger partial charge in [-0.15, -0.1) is 0 Å². The maximum atomic E-state index is 13.7. The predicted molar refractivity (Wildman–Crippen MR) is 86.2 cm³/mol. The van der Waals surface area contributed by atoms with Crippen LogP contribution in [-0.4, -0.2) is 13.1 Å². The highest BCUT2D eigenvalue weighted by Gasteiger charge is 2.32. The first-order chi connectivity index (χ1) is 9.19. The number of halogens is 2. The molecule has 1 aromatic rings. The van der Waals surface area contributed by atoms with Crippen molar-refractivity contribution in [1.29, 1.82) is 0 Å². The highest BCUT2D eigenvalue weighted by atomic mass is 127. The summed E-state index contributed by atoms with van der Waals surface area (Å²) in [4.78, 5) is 0. The Morgan fingerprint density at radius 3 is 2.16 bits per heavy atom. The van der Waals surface area contributed by atoms with E-state index in [2.05, 4.69) is 33.2 Å². The van der Waals surface area contributed by atoms with Crippen molar-refractivity contribution in [3.05, 3.63) is 21.5 Å². The van der Waals surface area contributed by atoms with Crippen LogP contribution in [0.25, 0.3) is 0 Å². The molecule has 4 heteroatoms. The molecule has 1 aromatic carbocycles. The number of benzene rings is 1. The van der Waals surface area contributed by atoms with Gasteiger partial charge in [0.2, 0.25) is 0 Å². The summed E-state index contributed by atoms with van der Waals surface area (Å²) in [6, 6.07) is 3.54. The minimum Gasteiger partial charge on any atom is -0.383 e. The molecule has 19 heavy (non-hydrogen) atoms. The Morgan fingerprint density at radius 2 is 1.53 bits per heavy atom. The van der Waals surface area contributed by atoms with E-state index >= 15 is 0 Å². The van der Waals surface area contributed by atoms with Gasteiger partial charge in [0.15, 0.2) is 0 Å². The molecule has 1 saturated carbocycles. The first-order valence-electron chi connectivity index (χ1n) is 7.15. The molecule has 0 saturated heterocycles.